The molecule has 11 heteroatoms. The summed E-state index contributed by atoms with van der Waals surface area (Å²) < 4.78 is 16.7. The molecule has 0 saturated carbocycles. The zero-order valence-electron chi connectivity index (χ0n) is 51.1. The summed E-state index contributed by atoms with van der Waals surface area (Å²) in [4.78, 5) is 25.0. The third-order valence-corrected chi connectivity index (χ3v) is 15.6. The van der Waals surface area contributed by atoms with Gasteiger partial charge >= 0.3 is 5.97 Å². The Labute approximate surface area is 485 Å². The molecule has 1 rings (SSSR count). The molecule has 7 unspecified atom stereocenters. The molecule has 0 radical (unpaired) electrons. The van der Waals surface area contributed by atoms with Crippen molar-refractivity contribution in [1.82, 2.24) is 5.32 Å². The van der Waals surface area contributed by atoms with Crippen molar-refractivity contribution < 1.29 is 49.3 Å². The molecule has 0 aliphatic carbocycles. The quantitative estimate of drug-likeness (QED) is 0.0195. The lowest BCUT2D eigenvalue weighted by Gasteiger charge is -2.40. The van der Waals surface area contributed by atoms with Gasteiger partial charge in [-0.2, -0.15) is 0 Å². The number of rotatable bonds is 58. The molecular weight excluding hydrogens is 991 g/mol. The summed E-state index contributed by atoms with van der Waals surface area (Å²) in [6.07, 6.45) is 63.8. The molecule has 11 nitrogen and oxygen atoms in total. The van der Waals surface area contributed by atoms with Gasteiger partial charge in [-0.25, -0.2) is 0 Å². The summed E-state index contributed by atoms with van der Waals surface area (Å²) >= 11 is 0. The van der Waals surface area contributed by atoms with E-state index in [0.717, 1.165) is 57.8 Å². The fourth-order valence-corrected chi connectivity index (χ4v) is 10.3. The number of hydrogen-bond donors (Lipinski definition) is 6. The number of unbranched alkanes of at least 4 members (excludes halogenated alkanes) is 38. The number of aliphatic hydroxyl groups is 5. The predicted molar refractivity (Wildman–Crippen MR) is 329 cm³/mol. The van der Waals surface area contributed by atoms with Crippen LogP contribution >= 0.6 is 0 Å². The molecule has 1 fully saturated rings. The predicted octanol–water partition coefficient (Wildman–Crippen LogP) is 16.4. The van der Waals surface area contributed by atoms with Gasteiger partial charge in [0, 0.05) is 12.8 Å². The zero-order valence-corrected chi connectivity index (χ0v) is 51.1. The largest absolute Gasteiger partial charge is 0.466 e. The molecule has 0 aromatic carbocycles. The number of esters is 1. The highest BCUT2D eigenvalue weighted by Crippen LogP contribution is 2.23. The summed E-state index contributed by atoms with van der Waals surface area (Å²) in [5.41, 5.74) is 0. The van der Waals surface area contributed by atoms with Crippen LogP contribution in [0.25, 0.3) is 0 Å². The molecule has 0 aromatic rings. The maximum atomic E-state index is 13.0. The van der Waals surface area contributed by atoms with Gasteiger partial charge in [0.2, 0.25) is 5.91 Å². The van der Waals surface area contributed by atoms with E-state index in [-0.39, 0.29) is 18.5 Å². The Hall–Kier alpha value is -2.38. The van der Waals surface area contributed by atoms with Crippen molar-refractivity contribution in [3.05, 3.63) is 48.6 Å². The lowest BCUT2D eigenvalue weighted by molar-refractivity contribution is -0.302. The van der Waals surface area contributed by atoms with Crippen molar-refractivity contribution in [3.8, 4) is 0 Å². The lowest BCUT2D eigenvalue weighted by Crippen LogP contribution is -2.60. The van der Waals surface area contributed by atoms with E-state index >= 15 is 0 Å². The molecule has 7 atom stereocenters. The number of allylic oxidation sites excluding steroid dienone is 7. The van der Waals surface area contributed by atoms with Crippen molar-refractivity contribution in [2.24, 2.45) is 0 Å². The molecule has 0 bridgehead atoms. The zero-order chi connectivity index (χ0) is 57.3. The Morgan fingerprint density at radius 2 is 0.835 bits per heavy atom. The van der Waals surface area contributed by atoms with Crippen molar-refractivity contribution in [2.45, 2.75) is 352 Å². The van der Waals surface area contributed by atoms with E-state index in [1.165, 1.54) is 225 Å². The molecule has 1 saturated heterocycles. The standard InChI is InChI=1S/C68H125NO10/c1-3-5-7-9-11-13-15-35-38-42-46-50-54-61(71)60(59-78-68-67(76)66(75)65(74)62(58-70)79-68)69-63(72)55-51-47-43-39-36-32-30-28-26-24-22-20-18-16-17-19-21-23-25-27-29-31-33-37-41-45-49-53-57-77-64(73)56-52-48-44-40-34-14-12-10-8-6-4-2/h10,12,16-17,35,38,50,54,60-62,65-68,70-71,74-76H,3-9,11,13-15,18-34,36-37,39-49,51-53,55-59H2,1-2H3,(H,69,72)/b12-10-,17-16-,38-35+,54-50+. The van der Waals surface area contributed by atoms with Crippen LogP contribution in [0.2, 0.25) is 0 Å². The molecule has 1 aliphatic heterocycles. The van der Waals surface area contributed by atoms with Gasteiger partial charge in [-0.1, -0.05) is 255 Å². The van der Waals surface area contributed by atoms with Gasteiger partial charge in [0.25, 0.3) is 0 Å². The Bertz CT molecular complexity index is 1450. The third-order valence-electron chi connectivity index (χ3n) is 15.6. The fraction of sp³-hybridized carbons (Fsp3) is 0.853. The van der Waals surface area contributed by atoms with E-state index in [0.29, 0.717) is 19.4 Å². The van der Waals surface area contributed by atoms with Crippen molar-refractivity contribution in [3.63, 3.8) is 0 Å². The van der Waals surface area contributed by atoms with Crippen LogP contribution in [0.1, 0.15) is 309 Å². The fourth-order valence-electron chi connectivity index (χ4n) is 10.3. The van der Waals surface area contributed by atoms with Crippen molar-refractivity contribution in [2.75, 3.05) is 19.8 Å². The second-order valence-electron chi connectivity index (χ2n) is 23.2. The second-order valence-corrected chi connectivity index (χ2v) is 23.2. The Morgan fingerprint density at radius 1 is 0.456 bits per heavy atom. The summed E-state index contributed by atoms with van der Waals surface area (Å²) in [6.45, 7) is 4.29. The van der Waals surface area contributed by atoms with Gasteiger partial charge in [-0.3, -0.25) is 9.59 Å². The van der Waals surface area contributed by atoms with E-state index in [1.807, 2.05) is 6.08 Å². The van der Waals surface area contributed by atoms with Crippen LogP contribution in [-0.2, 0) is 23.8 Å². The second kappa shape index (κ2) is 57.4. The van der Waals surface area contributed by atoms with Crippen LogP contribution in [0.5, 0.6) is 0 Å². The highest BCUT2D eigenvalue weighted by Gasteiger charge is 2.44. The number of carbonyl (C=O) groups excluding carboxylic acids is 2. The van der Waals surface area contributed by atoms with Crippen LogP contribution in [0.3, 0.4) is 0 Å². The number of amides is 1. The Morgan fingerprint density at radius 3 is 1.29 bits per heavy atom. The molecule has 6 N–H and O–H groups in total. The minimum atomic E-state index is -1.58. The van der Waals surface area contributed by atoms with Crippen LogP contribution in [0.15, 0.2) is 48.6 Å². The molecule has 1 amide bonds. The summed E-state index contributed by atoms with van der Waals surface area (Å²) in [7, 11) is 0. The van der Waals surface area contributed by atoms with Gasteiger partial charge in [0.15, 0.2) is 6.29 Å². The van der Waals surface area contributed by atoms with Crippen LogP contribution < -0.4 is 5.32 Å². The SMILES string of the molecule is CCCC/C=C\CCCCCCCC(=O)OCCCCCCCCCCCCCC/C=C\CCCCCCCCCCCCCCC(=O)NC(COC1OC(CO)C(O)C(O)C1O)C(O)/C=C/CC/C=C/CCCCCCCC. The number of ether oxygens (including phenoxy) is 3. The molecule has 0 spiro atoms. The molecular formula is C68H125NO10. The van der Waals surface area contributed by atoms with Gasteiger partial charge in [-0.15, -0.1) is 0 Å². The first-order valence-electron chi connectivity index (χ1n) is 33.4. The van der Waals surface area contributed by atoms with Crippen LogP contribution in [0.4, 0.5) is 0 Å². The van der Waals surface area contributed by atoms with Gasteiger partial charge in [-0.05, 0) is 89.9 Å². The average Bonchev–Trinajstić information content (AvgIpc) is 3.47. The van der Waals surface area contributed by atoms with E-state index in [4.69, 9.17) is 14.2 Å². The normalized spacial score (nSPS) is 18.7. The minimum absolute atomic E-state index is 0.00495. The number of aliphatic hydroxyl groups excluding tert-OH is 5. The molecule has 0 aromatic heterocycles. The molecule has 79 heavy (non-hydrogen) atoms. The van der Waals surface area contributed by atoms with Crippen LogP contribution in [-0.4, -0.2) is 100 Å². The van der Waals surface area contributed by atoms with Gasteiger partial charge in [0.1, 0.15) is 24.4 Å². The number of nitrogens with one attached hydrogen (secondary N) is 1. The highest BCUT2D eigenvalue weighted by molar-refractivity contribution is 5.76. The van der Waals surface area contributed by atoms with E-state index in [9.17, 15) is 35.1 Å². The van der Waals surface area contributed by atoms with Gasteiger partial charge < -0.3 is 45.1 Å². The number of carbonyl (C=O) groups is 2. The minimum Gasteiger partial charge on any atom is -0.466 e. The summed E-state index contributed by atoms with van der Waals surface area (Å²) in [5.74, 6) is -0.197. The Kier molecular flexibility index (Phi) is 54.3. The first kappa shape index (κ1) is 74.6. The monoisotopic (exact) mass is 1120 g/mol. The molecule has 1 heterocycles. The van der Waals surface area contributed by atoms with Gasteiger partial charge in [0.05, 0.1) is 32.0 Å². The summed E-state index contributed by atoms with van der Waals surface area (Å²) in [5, 5.41) is 54.4. The van der Waals surface area contributed by atoms with E-state index in [1.54, 1.807) is 6.08 Å². The van der Waals surface area contributed by atoms with Crippen molar-refractivity contribution >= 4 is 11.9 Å². The maximum Gasteiger partial charge on any atom is 0.305 e. The van der Waals surface area contributed by atoms with E-state index in [2.05, 4.69) is 55.6 Å². The summed E-state index contributed by atoms with van der Waals surface area (Å²) in [6, 6.07) is -0.828. The van der Waals surface area contributed by atoms with Crippen LogP contribution in [0, 0.1) is 0 Å². The average molecular weight is 1120 g/mol. The van der Waals surface area contributed by atoms with Crippen molar-refractivity contribution in [1.29, 1.82) is 0 Å². The topological polar surface area (TPSA) is 175 Å². The molecule has 462 valence electrons. The number of hydrogen-bond acceptors (Lipinski definition) is 10. The third kappa shape index (κ3) is 46.8. The lowest BCUT2D eigenvalue weighted by atomic mass is 9.99. The highest BCUT2D eigenvalue weighted by atomic mass is 16.7. The first-order chi connectivity index (χ1) is 38.7. The van der Waals surface area contributed by atoms with E-state index < -0.39 is 49.5 Å². The Balaban J connectivity index is 2.00. The first-order valence-corrected chi connectivity index (χ1v) is 33.4. The maximum absolute atomic E-state index is 13.0. The smallest absolute Gasteiger partial charge is 0.305 e. The molecule has 1 aliphatic rings.